The Morgan fingerprint density at radius 2 is 1.95 bits per heavy atom. The predicted octanol–water partition coefficient (Wildman–Crippen LogP) is 0.400. The van der Waals surface area contributed by atoms with E-state index in [2.05, 4.69) is 15.9 Å². The monoisotopic (exact) mass is 265 g/mol. The average Bonchev–Trinajstić information content (AvgIpc) is 2.44. The highest BCUT2D eigenvalue weighted by molar-refractivity contribution is 5.56. The summed E-state index contributed by atoms with van der Waals surface area (Å²) in [6.45, 7) is 6.28. The van der Waals surface area contributed by atoms with Crippen LogP contribution in [0.5, 0.6) is 0 Å². The van der Waals surface area contributed by atoms with Gasteiger partial charge < -0.3 is 20.5 Å². The Balaban J connectivity index is 1.73. The van der Waals surface area contributed by atoms with Crippen molar-refractivity contribution in [2.45, 2.75) is 0 Å². The molecule has 0 atom stereocenters. The summed E-state index contributed by atoms with van der Waals surface area (Å²) >= 11 is 0. The molecule has 0 bridgehead atoms. The molecule has 2 rings (SSSR count). The second kappa shape index (κ2) is 7.33. The van der Waals surface area contributed by atoms with Gasteiger partial charge in [0.25, 0.3) is 0 Å². The molecule has 0 aliphatic carbocycles. The van der Waals surface area contributed by atoms with E-state index in [-0.39, 0.29) is 6.61 Å². The van der Waals surface area contributed by atoms with Gasteiger partial charge in [-0.3, -0.25) is 4.90 Å². The maximum absolute atomic E-state index is 8.63. The van der Waals surface area contributed by atoms with Gasteiger partial charge >= 0.3 is 0 Å². The van der Waals surface area contributed by atoms with E-state index in [1.165, 1.54) is 5.69 Å². The van der Waals surface area contributed by atoms with Crippen LogP contribution in [0, 0.1) is 0 Å². The number of ether oxygens (including phenoxy) is 1. The number of anilines is 2. The minimum absolute atomic E-state index is 0.100. The van der Waals surface area contributed by atoms with Crippen LogP contribution in [-0.4, -0.2) is 62.6 Å². The van der Waals surface area contributed by atoms with Crippen LogP contribution in [0.25, 0.3) is 0 Å². The Morgan fingerprint density at radius 3 is 2.63 bits per heavy atom. The highest BCUT2D eigenvalue weighted by Gasteiger charge is 2.16. The molecule has 1 fully saturated rings. The van der Waals surface area contributed by atoms with E-state index in [0.29, 0.717) is 13.2 Å². The van der Waals surface area contributed by atoms with E-state index in [0.717, 1.165) is 38.4 Å². The third-order valence-electron chi connectivity index (χ3n) is 3.40. The number of aliphatic hydroxyl groups excluding tert-OH is 1. The van der Waals surface area contributed by atoms with Crippen LogP contribution < -0.4 is 10.6 Å². The summed E-state index contributed by atoms with van der Waals surface area (Å²) < 4.78 is 5.29. The molecular formula is C14H23N3O2. The number of piperazine rings is 1. The van der Waals surface area contributed by atoms with E-state index in [1.54, 1.807) is 0 Å². The number of rotatable bonds is 6. The largest absolute Gasteiger partial charge is 0.399 e. The van der Waals surface area contributed by atoms with Gasteiger partial charge in [-0.2, -0.15) is 0 Å². The van der Waals surface area contributed by atoms with E-state index in [9.17, 15) is 0 Å². The lowest BCUT2D eigenvalue weighted by atomic mass is 10.2. The van der Waals surface area contributed by atoms with Crippen LogP contribution in [0.1, 0.15) is 0 Å². The zero-order valence-corrected chi connectivity index (χ0v) is 11.3. The minimum Gasteiger partial charge on any atom is -0.399 e. The standard InChI is InChI=1S/C14H23N3O2/c15-13-2-1-3-14(12-13)17-6-4-16(5-7-17)8-10-19-11-9-18/h1-3,12,18H,4-11,15H2. The molecule has 0 saturated carbocycles. The Bertz CT molecular complexity index is 379. The van der Waals surface area contributed by atoms with E-state index >= 15 is 0 Å². The van der Waals surface area contributed by atoms with Crippen molar-refractivity contribution in [2.24, 2.45) is 0 Å². The summed E-state index contributed by atoms with van der Waals surface area (Å²) in [6, 6.07) is 8.05. The third-order valence-corrected chi connectivity index (χ3v) is 3.40. The molecule has 0 aromatic heterocycles. The van der Waals surface area contributed by atoms with E-state index in [4.69, 9.17) is 15.6 Å². The first kappa shape index (κ1) is 14.1. The predicted molar refractivity (Wildman–Crippen MR) is 77.4 cm³/mol. The van der Waals surface area contributed by atoms with Gasteiger partial charge in [-0.15, -0.1) is 0 Å². The van der Waals surface area contributed by atoms with Crippen molar-refractivity contribution < 1.29 is 9.84 Å². The Labute approximate surface area is 114 Å². The van der Waals surface area contributed by atoms with Crippen LogP contribution >= 0.6 is 0 Å². The zero-order chi connectivity index (χ0) is 13.5. The molecule has 19 heavy (non-hydrogen) atoms. The molecule has 1 aliphatic heterocycles. The summed E-state index contributed by atoms with van der Waals surface area (Å²) in [5, 5.41) is 8.63. The normalized spacial score (nSPS) is 16.8. The molecule has 1 aromatic carbocycles. The van der Waals surface area contributed by atoms with Crippen LogP contribution in [0.15, 0.2) is 24.3 Å². The molecule has 0 radical (unpaired) electrons. The van der Waals surface area contributed by atoms with Gasteiger partial charge in [-0.05, 0) is 18.2 Å². The highest BCUT2D eigenvalue weighted by atomic mass is 16.5. The summed E-state index contributed by atoms with van der Waals surface area (Å²) in [7, 11) is 0. The number of benzene rings is 1. The fourth-order valence-corrected chi connectivity index (χ4v) is 2.31. The van der Waals surface area contributed by atoms with Gasteiger partial charge in [0.1, 0.15) is 0 Å². The first-order chi connectivity index (χ1) is 9.29. The molecule has 5 heteroatoms. The quantitative estimate of drug-likeness (QED) is 0.576. The number of hydrogen-bond donors (Lipinski definition) is 2. The molecule has 0 unspecified atom stereocenters. The molecule has 5 nitrogen and oxygen atoms in total. The van der Waals surface area contributed by atoms with Crippen molar-refractivity contribution in [1.29, 1.82) is 0 Å². The van der Waals surface area contributed by atoms with Gasteiger partial charge in [0.05, 0.1) is 19.8 Å². The fourth-order valence-electron chi connectivity index (χ4n) is 2.31. The molecule has 0 amide bonds. The van der Waals surface area contributed by atoms with Crippen molar-refractivity contribution >= 4 is 11.4 Å². The molecule has 1 saturated heterocycles. The number of nitrogens with zero attached hydrogens (tertiary/aromatic N) is 2. The number of nitrogen functional groups attached to an aromatic ring is 1. The van der Waals surface area contributed by atoms with Crippen molar-refractivity contribution in [3.05, 3.63) is 24.3 Å². The molecule has 0 spiro atoms. The zero-order valence-electron chi connectivity index (χ0n) is 11.3. The lowest BCUT2D eigenvalue weighted by Crippen LogP contribution is -2.47. The first-order valence-corrected chi connectivity index (χ1v) is 6.81. The van der Waals surface area contributed by atoms with Crippen LogP contribution in [-0.2, 0) is 4.74 Å². The minimum atomic E-state index is 0.100. The van der Waals surface area contributed by atoms with Gasteiger partial charge in [0.2, 0.25) is 0 Å². The second-order valence-electron chi connectivity index (χ2n) is 4.76. The summed E-state index contributed by atoms with van der Waals surface area (Å²) in [5.41, 5.74) is 7.83. The topological polar surface area (TPSA) is 62.0 Å². The smallest absolute Gasteiger partial charge is 0.0698 e. The fraction of sp³-hybridized carbons (Fsp3) is 0.571. The average molecular weight is 265 g/mol. The molecule has 3 N–H and O–H groups in total. The lowest BCUT2D eigenvalue weighted by Gasteiger charge is -2.36. The first-order valence-electron chi connectivity index (χ1n) is 6.81. The molecule has 1 aliphatic rings. The number of aliphatic hydroxyl groups is 1. The number of nitrogens with two attached hydrogens (primary N) is 1. The van der Waals surface area contributed by atoms with Gasteiger partial charge in [-0.25, -0.2) is 0 Å². The molecule has 1 heterocycles. The summed E-state index contributed by atoms with van der Waals surface area (Å²) in [4.78, 5) is 4.75. The maximum atomic E-state index is 8.63. The maximum Gasteiger partial charge on any atom is 0.0698 e. The SMILES string of the molecule is Nc1cccc(N2CCN(CCOCCO)CC2)c1. The molecular weight excluding hydrogens is 242 g/mol. The molecule has 1 aromatic rings. The Morgan fingerprint density at radius 1 is 1.16 bits per heavy atom. The van der Waals surface area contributed by atoms with E-state index in [1.807, 2.05) is 18.2 Å². The van der Waals surface area contributed by atoms with Gasteiger partial charge in [0.15, 0.2) is 0 Å². The second-order valence-corrected chi connectivity index (χ2v) is 4.76. The summed E-state index contributed by atoms with van der Waals surface area (Å²) in [5.74, 6) is 0. The van der Waals surface area contributed by atoms with Crippen molar-refractivity contribution in [3.8, 4) is 0 Å². The van der Waals surface area contributed by atoms with Crippen LogP contribution in [0.3, 0.4) is 0 Å². The third kappa shape index (κ3) is 4.38. The lowest BCUT2D eigenvalue weighted by molar-refractivity contribution is 0.0724. The van der Waals surface area contributed by atoms with Crippen LogP contribution in [0.4, 0.5) is 11.4 Å². The summed E-state index contributed by atoms with van der Waals surface area (Å²) in [6.07, 6.45) is 0. The Kier molecular flexibility index (Phi) is 5.44. The van der Waals surface area contributed by atoms with Crippen molar-refractivity contribution in [1.82, 2.24) is 4.90 Å². The van der Waals surface area contributed by atoms with Crippen LogP contribution in [0.2, 0.25) is 0 Å². The molecule has 106 valence electrons. The highest BCUT2D eigenvalue weighted by Crippen LogP contribution is 2.18. The Hall–Kier alpha value is -1.30. The number of hydrogen-bond acceptors (Lipinski definition) is 5. The van der Waals surface area contributed by atoms with Gasteiger partial charge in [0, 0.05) is 44.1 Å². The van der Waals surface area contributed by atoms with E-state index < -0.39 is 0 Å². The van der Waals surface area contributed by atoms with Crippen molar-refractivity contribution in [3.63, 3.8) is 0 Å². The van der Waals surface area contributed by atoms with Crippen molar-refractivity contribution in [2.75, 3.05) is 63.2 Å². The van der Waals surface area contributed by atoms with Gasteiger partial charge in [-0.1, -0.05) is 6.07 Å².